The molecule has 0 spiro atoms. The summed E-state index contributed by atoms with van der Waals surface area (Å²) in [5.41, 5.74) is 0.654. The fourth-order valence-corrected chi connectivity index (χ4v) is 2.26. The zero-order valence-corrected chi connectivity index (χ0v) is 11.6. The number of imide groups is 1. The van der Waals surface area contributed by atoms with Crippen LogP contribution in [0.25, 0.3) is 0 Å². The Kier molecular flexibility index (Phi) is 3.78. The highest BCUT2D eigenvalue weighted by molar-refractivity contribution is 14.1. The number of carbonyl (C=O) groups is 2. The second kappa shape index (κ2) is 5.14. The van der Waals surface area contributed by atoms with Gasteiger partial charge in [-0.05, 0) is 53.4 Å². The molecule has 1 aliphatic heterocycles. The van der Waals surface area contributed by atoms with Crippen molar-refractivity contribution in [1.82, 2.24) is 5.32 Å². The zero-order valence-electron chi connectivity index (χ0n) is 9.44. The summed E-state index contributed by atoms with van der Waals surface area (Å²) in [4.78, 5) is 25.1. The highest BCUT2D eigenvalue weighted by atomic mass is 127. The van der Waals surface area contributed by atoms with Gasteiger partial charge in [0.05, 0.1) is 18.2 Å². The topological polar surface area (TPSA) is 49.4 Å². The monoisotopic (exact) mass is 344 g/mol. The Bertz CT molecular complexity index is 444. The Hall–Kier alpha value is -0.950. The first-order chi connectivity index (χ1) is 8.13. The number of hydrogen-bond donors (Lipinski definition) is 1. The molecule has 4 nitrogen and oxygen atoms in total. The predicted octanol–water partition coefficient (Wildman–Crippen LogP) is 1.53. The second-order valence-electron chi connectivity index (χ2n) is 3.86. The molecule has 1 N–H and O–H groups in total. The molecular formula is C12H13IN2O2. The van der Waals surface area contributed by atoms with E-state index in [1.807, 2.05) is 19.1 Å². The standard InChI is InChI=1S/C12H13IN2O2/c1-2-14-10-7-11(16)15(12(10)17)9-5-3-8(13)4-6-9/h3-6,10,14H,2,7H2,1H3. The van der Waals surface area contributed by atoms with Crippen molar-refractivity contribution >= 4 is 40.1 Å². The number of likely N-dealkylation sites (N-methyl/N-ethyl adjacent to an activating group) is 1. The summed E-state index contributed by atoms with van der Waals surface area (Å²) >= 11 is 2.19. The number of anilines is 1. The number of hydrogen-bond acceptors (Lipinski definition) is 3. The number of halogens is 1. The molecule has 2 rings (SSSR count). The Morgan fingerprint density at radius 2 is 2.00 bits per heavy atom. The molecular weight excluding hydrogens is 331 g/mol. The highest BCUT2D eigenvalue weighted by Crippen LogP contribution is 2.23. The van der Waals surface area contributed by atoms with Gasteiger partial charge in [0, 0.05) is 3.57 Å². The van der Waals surface area contributed by atoms with Crippen LogP contribution in [0.2, 0.25) is 0 Å². The van der Waals surface area contributed by atoms with Crippen LogP contribution in [0.5, 0.6) is 0 Å². The molecule has 0 saturated carbocycles. The molecule has 1 aliphatic rings. The molecule has 1 aromatic carbocycles. The van der Waals surface area contributed by atoms with Crippen molar-refractivity contribution in [3.63, 3.8) is 0 Å². The molecule has 0 aromatic heterocycles. The van der Waals surface area contributed by atoms with E-state index in [-0.39, 0.29) is 24.3 Å². The molecule has 1 unspecified atom stereocenters. The smallest absolute Gasteiger partial charge is 0.251 e. The molecule has 0 bridgehead atoms. The lowest BCUT2D eigenvalue weighted by Crippen LogP contribution is -2.38. The third kappa shape index (κ3) is 2.50. The molecule has 2 amide bonds. The van der Waals surface area contributed by atoms with Gasteiger partial charge in [-0.1, -0.05) is 6.92 Å². The summed E-state index contributed by atoms with van der Waals surface area (Å²) in [6.45, 7) is 2.61. The zero-order chi connectivity index (χ0) is 12.4. The summed E-state index contributed by atoms with van der Waals surface area (Å²) in [5.74, 6) is -0.291. The van der Waals surface area contributed by atoms with Gasteiger partial charge in [0.1, 0.15) is 0 Å². The molecule has 1 aromatic rings. The first-order valence-corrected chi connectivity index (χ1v) is 6.57. The van der Waals surface area contributed by atoms with Gasteiger partial charge in [0.2, 0.25) is 5.91 Å². The summed E-state index contributed by atoms with van der Waals surface area (Å²) < 4.78 is 1.08. The van der Waals surface area contributed by atoms with Crippen molar-refractivity contribution in [3.8, 4) is 0 Å². The minimum atomic E-state index is -0.369. The Balaban J connectivity index is 2.24. The van der Waals surface area contributed by atoms with E-state index in [0.717, 1.165) is 3.57 Å². The average molecular weight is 344 g/mol. The van der Waals surface area contributed by atoms with Crippen molar-refractivity contribution < 1.29 is 9.59 Å². The minimum Gasteiger partial charge on any atom is -0.306 e. The van der Waals surface area contributed by atoms with Gasteiger partial charge >= 0.3 is 0 Å². The van der Waals surface area contributed by atoms with E-state index in [4.69, 9.17) is 0 Å². The molecule has 1 heterocycles. The van der Waals surface area contributed by atoms with Crippen LogP contribution in [-0.2, 0) is 9.59 Å². The van der Waals surface area contributed by atoms with Crippen molar-refractivity contribution in [1.29, 1.82) is 0 Å². The lowest BCUT2D eigenvalue weighted by Gasteiger charge is -2.15. The van der Waals surface area contributed by atoms with Gasteiger partial charge < -0.3 is 5.32 Å². The number of amides is 2. The van der Waals surface area contributed by atoms with E-state index in [1.54, 1.807) is 12.1 Å². The van der Waals surface area contributed by atoms with E-state index in [0.29, 0.717) is 12.2 Å². The molecule has 5 heteroatoms. The Morgan fingerprint density at radius 1 is 1.35 bits per heavy atom. The van der Waals surface area contributed by atoms with E-state index in [9.17, 15) is 9.59 Å². The normalized spacial score (nSPS) is 20.1. The maximum absolute atomic E-state index is 12.0. The molecule has 0 aliphatic carbocycles. The highest BCUT2D eigenvalue weighted by Gasteiger charge is 2.38. The lowest BCUT2D eigenvalue weighted by atomic mass is 10.2. The van der Waals surface area contributed by atoms with Gasteiger partial charge in [-0.25, -0.2) is 4.90 Å². The largest absolute Gasteiger partial charge is 0.306 e. The van der Waals surface area contributed by atoms with Crippen LogP contribution < -0.4 is 10.2 Å². The van der Waals surface area contributed by atoms with Gasteiger partial charge in [-0.3, -0.25) is 9.59 Å². The van der Waals surface area contributed by atoms with E-state index in [2.05, 4.69) is 27.9 Å². The number of benzene rings is 1. The molecule has 1 fully saturated rings. The number of rotatable bonds is 3. The molecule has 1 saturated heterocycles. The van der Waals surface area contributed by atoms with Gasteiger partial charge in [0.25, 0.3) is 5.91 Å². The summed E-state index contributed by atoms with van der Waals surface area (Å²) in [5, 5.41) is 3.02. The van der Waals surface area contributed by atoms with E-state index < -0.39 is 0 Å². The van der Waals surface area contributed by atoms with E-state index >= 15 is 0 Å². The number of nitrogens with zero attached hydrogens (tertiary/aromatic N) is 1. The van der Waals surface area contributed by atoms with Crippen molar-refractivity contribution in [3.05, 3.63) is 27.8 Å². The third-order valence-electron chi connectivity index (χ3n) is 2.68. The fourth-order valence-electron chi connectivity index (χ4n) is 1.90. The summed E-state index contributed by atoms with van der Waals surface area (Å²) in [7, 11) is 0. The van der Waals surface area contributed by atoms with Gasteiger partial charge in [-0.15, -0.1) is 0 Å². The maximum atomic E-state index is 12.0. The average Bonchev–Trinajstić information content (AvgIpc) is 2.57. The quantitative estimate of drug-likeness (QED) is 0.668. The fraction of sp³-hybridized carbons (Fsp3) is 0.333. The number of carbonyl (C=O) groups excluding carboxylic acids is 2. The van der Waals surface area contributed by atoms with Crippen LogP contribution in [0, 0.1) is 3.57 Å². The van der Waals surface area contributed by atoms with Crippen molar-refractivity contribution in [2.75, 3.05) is 11.4 Å². The third-order valence-corrected chi connectivity index (χ3v) is 3.40. The summed E-state index contributed by atoms with van der Waals surface area (Å²) in [6.07, 6.45) is 0.249. The maximum Gasteiger partial charge on any atom is 0.251 e. The lowest BCUT2D eigenvalue weighted by molar-refractivity contribution is -0.121. The van der Waals surface area contributed by atoms with Crippen LogP contribution in [-0.4, -0.2) is 24.4 Å². The van der Waals surface area contributed by atoms with Crippen LogP contribution in [0.3, 0.4) is 0 Å². The predicted molar refractivity (Wildman–Crippen MR) is 73.7 cm³/mol. The minimum absolute atomic E-state index is 0.137. The van der Waals surface area contributed by atoms with Crippen molar-refractivity contribution in [2.24, 2.45) is 0 Å². The van der Waals surface area contributed by atoms with Gasteiger partial charge in [0.15, 0.2) is 0 Å². The molecule has 90 valence electrons. The Labute approximate surface area is 114 Å². The Morgan fingerprint density at radius 3 is 2.59 bits per heavy atom. The van der Waals surface area contributed by atoms with Crippen LogP contribution in [0.4, 0.5) is 5.69 Å². The van der Waals surface area contributed by atoms with Crippen LogP contribution in [0.1, 0.15) is 13.3 Å². The van der Waals surface area contributed by atoms with Crippen molar-refractivity contribution in [2.45, 2.75) is 19.4 Å². The first kappa shape index (κ1) is 12.5. The SMILES string of the molecule is CCNC1CC(=O)N(c2ccc(I)cc2)C1=O. The number of nitrogens with one attached hydrogen (secondary N) is 1. The van der Waals surface area contributed by atoms with Crippen LogP contribution in [0.15, 0.2) is 24.3 Å². The molecule has 1 atom stereocenters. The molecule has 0 radical (unpaired) electrons. The molecule has 17 heavy (non-hydrogen) atoms. The summed E-state index contributed by atoms with van der Waals surface area (Å²) in [6, 6.07) is 7.00. The van der Waals surface area contributed by atoms with Crippen LogP contribution >= 0.6 is 22.6 Å². The van der Waals surface area contributed by atoms with Gasteiger partial charge in [-0.2, -0.15) is 0 Å². The second-order valence-corrected chi connectivity index (χ2v) is 5.10. The first-order valence-electron chi connectivity index (χ1n) is 5.49. The van der Waals surface area contributed by atoms with E-state index in [1.165, 1.54) is 4.90 Å².